The van der Waals surface area contributed by atoms with E-state index in [0.29, 0.717) is 17.0 Å². The molecular weight excluding hydrogens is 380 g/mol. The van der Waals surface area contributed by atoms with Gasteiger partial charge in [0, 0.05) is 12.1 Å². The Morgan fingerprint density at radius 1 is 1.22 bits per heavy atom. The van der Waals surface area contributed by atoms with Crippen LogP contribution in [0, 0.1) is 5.82 Å². The Morgan fingerprint density at radius 3 is 2.63 bits per heavy atom. The minimum absolute atomic E-state index is 0.197. The number of hydrogen-bond donors (Lipinski definition) is 1. The number of oxime groups is 1. The number of nitrogens with zero attached hydrogens (tertiary/aromatic N) is 1. The Morgan fingerprint density at radius 2 is 1.96 bits per heavy atom. The van der Waals surface area contributed by atoms with Crippen LogP contribution in [0.2, 0.25) is 0 Å². The monoisotopic (exact) mass is 398 g/mol. The zero-order valence-electron chi connectivity index (χ0n) is 14.5. The minimum Gasteiger partial charge on any atom is -0.385 e. The van der Waals surface area contributed by atoms with Crippen molar-refractivity contribution in [3.8, 4) is 0 Å². The average Bonchev–Trinajstić information content (AvgIpc) is 2.64. The molecule has 0 aromatic heterocycles. The predicted molar refractivity (Wildman–Crippen MR) is 100 cm³/mol. The maximum Gasteiger partial charge on any atom is 0.416 e. The van der Waals surface area contributed by atoms with E-state index in [9.17, 15) is 17.6 Å². The van der Waals surface area contributed by atoms with Gasteiger partial charge in [-0.15, -0.1) is 0 Å². The summed E-state index contributed by atoms with van der Waals surface area (Å²) in [6.07, 6.45) is -3.32. The fourth-order valence-corrected chi connectivity index (χ4v) is 2.49. The van der Waals surface area contributed by atoms with Gasteiger partial charge in [-0.25, -0.2) is 4.39 Å². The van der Waals surface area contributed by atoms with Crippen LogP contribution in [0.4, 0.5) is 17.6 Å². The number of rotatable bonds is 7. The minimum atomic E-state index is -4.42. The van der Waals surface area contributed by atoms with Crippen molar-refractivity contribution in [3.63, 3.8) is 0 Å². The summed E-state index contributed by atoms with van der Waals surface area (Å²) in [7, 11) is 0. The van der Waals surface area contributed by atoms with Crippen molar-refractivity contribution in [2.45, 2.75) is 32.2 Å². The first-order chi connectivity index (χ1) is 12.8. The van der Waals surface area contributed by atoms with Crippen molar-refractivity contribution in [2.24, 2.45) is 5.16 Å². The molecule has 0 amide bonds. The first-order valence-electron chi connectivity index (χ1n) is 8.19. The van der Waals surface area contributed by atoms with Crippen LogP contribution in [0.3, 0.4) is 0 Å². The van der Waals surface area contributed by atoms with Crippen LogP contribution in [0.1, 0.15) is 30.0 Å². The molecular formula is C19H18F4N2OS. The van der Waals surface area contributed by atoms with E-state index < -0.39 is 17.8 Å². The fourth-order valence-electron chi connectivity index (χ4n) is 2.21. The molecule has 0 heterocycles. The predicted octanol–water partition coefficient (Wildman–Crippen LogP) is 5.09. The quantitative estimate of drug-likeness (QED) is 0.305. The third kappa shape index (κ3) is 6.32. The summed E-state index contributed by atoms with van der Waals surface area (Å²) in [5.41, 5.74) is -0.0485. The van der Waals surface area contributed by atoms with E-state index >= 15 is 0 Å². The molecule has 144 valence electrons. The van der Waals surface area contributed by atoms with Gasteiger partial charge in [0.15, 0.2) is 6.10 Å². The molecule has 0 spiro atoms. The van der Waals surface area contributed by atoms with Crippen molar-refractivity contribution < 1.29 is 22.4 Å². The number of alkyl halides is 3. The first-order valence-corrected chi connectivity index (χ1v) is 8.59. The topological polar surface area (TPSA) is 33.6 Å². The van der Waals surface area contributed by atoms with Crippen LogP contribution in [0.25, 0.3) is 0 Å². The lowest BCUT2D eigenvalue weighted by Crippen LogP contribution is -2.33. The van der Waals surface area contributed by atoms with Gasteiger partial charge in [0.1, 0.15) is 10.8 Å². The molecule has 0 radical (unpaired) electrons. The van der Waals surface area contributed by atoms with Gasteiger partial charge in [-0.1, -0.05) is 54.6 Å². The Hall–Kier alpha value is -2.48. The third-order valence-electron chi connectivity index (χ3n) is 3.68. The van der Waals surface area contributed by atoms with Crippen molar-refractivity contribution in [1.29, 1.82) is 0 Å². The second-order valence-electron chi connectivity index (χ2n) is 5.67. The molecule has 0 saturated carbocycles. The second-order valence-corrected chi connectivity index (χ2v) is 6.11. The molecule has 0 aliphatic carbocycles. The first kappa shape index (κ1) is 20.8. The third-order valence-corrected chi connectivity index (χ3v) is 4.09. The van der Waals surface area contributed by atoms with Gasteiger partial charge in [-0.2, -0.15) is 13.2 Å². The highest BCUT2D eigenvalue weighted by atomic mass is 32.1. The van der Waals surface area contributed by atoms with E-state index in [1.54, 1.807) is 18.2 Å². The highest BCUT2D eigenvalue weighted by molar-refractivity contribution is 7.80. The molecule has 0 fully saturated rings. The molecule has 2 aromatic carbocycles. The molecule has 1 N–H and O–H groups in total. The molecule has 0 aliphatic rings. The van der Waals surface area contributed by atoms with Crippen molar-refractivity contribution in [2.75, 3.05) is 0 Å². The number of thiocarbonyl (C=S) groups is 1. The lowest BCUT2D eigenvalue weighted by Gasteiger charge is -2.16. The number of hydrogen-bond acceptors (Lipinski definition) is 3. The summed E-state index contributed by atoms with van der Waals surface area (Å²) in [4.78, 5) is 5.63. The number of halogens is 4. The normalized spacial score (nSPS) is 12.8. The SMILES string of the molecule is CCC(ON=Cc1cccc(C(F)(F)F)c1)C(=S)NCc1ccccc1F. The van der Waals surface area contributed by atoms with Gasteiger partial charge < -0.3 is 10.2 Å². The lowest BCUT2D eigenvalue weighted by atomic mass is 10.1. The molecule has 0 saturated heterocycles. The standard InChI is InChI=1S/C19H18F4N2OS/c1-2-17(18(27)24-12-14-7-3-4-9-16(14)20)26-25-11-13-6-5-8-15(10-13)19(21,22)23/h3-11,17H,2,12H2,1H3,(H,24,27). The van der Waals surface area contributed by atoms with Crippen LogP contribution in [0.5, 0.6) is 0 Å². The fraction of sp³-hybridized carbons (Fsp3) is 0.263. The Balaban J connectivity index is 1.93. The smallest absolute Gasteiger partial charge is 0.385 e. The summed E-state index contributed by atoms with van der Waals surface area (Å²) >= 11 is 5.24. The Kier molecular flexibility index (Phi) is 7.29. The molecule has 2 rings (SSSR count). The molecule has 8 heteroatoms. The average molecular weight is 398 g/mol. The van der Waals surface area contributed by atoms with Gasteiger partial charge in [0.25, 0.3) is 0 Å². The molecule has 3 nitrogen and oxygen atoms in total. The Bertz CT molecular complexity index is 808. The molecule has 2 aromatic rings. The summed E-state index contributed by atoms with van der Waals surface area (Å²) in [5.74, 6) is -0.343. The molecule has 1 unspecified atom stereocenters. The molecule has 27 heavy (non-hydrogen) atoms. The van der Waals surface area contributed by atoms with Gasteiger partial charge in [-0.3, -0.25) is 0 Å². The number of nitrogens with one attached hydrogen (secondary N) is 1. The van der Waals surface area contributed by atoms with E-state index in [1.165, 1.54) is 24.4 Å². The van der Waals surface area contributed by atoms with Crippen molar-refractivity contribution >= 4 is 23.4 Å². The maximum atomic E-state index is 13.6. The lowest BCUT2D eigenvalue weighted by molar-refractivity contribution is -0.137. The van der Waals surface area contributed by atoms with Gasteiger partial charge >= 0.3 is 6.18 Å². The summed E-state index contributed by atoms with van der Waals surface area (Å²) in [6, 6.07) is 11.0. The van der Waals surface area contributed by atoms with E-state index in [0.717, 1.165) is 12.1 Å². The van der Waals surface area contributed by atoms with E-state index in [1.807, 2.05) is 6.92 Å². The number of benzene rings is 2. The Labute approximate surface area is 160 Å². The molecule has 1 atom stereocenters. The van der Waals surface area contributed by atoms with Crippen LogP contribution in [-0.4, -0.2) is 17.3 Å². The zero-order chi connectivity index (χ0) is 19.9. The van der Waals surface area contributed by atoms with E-state index in [-0.39, 0.29) is 17.9 Å². The van der Waals surface area contributed by atoms with Gasteiger partial charge in [-0.05, 0) is 30.2 Å². The summed E-state index contributed by atoms with van der Waals surface area (Å²) in [5, 5.41) is 6.65. The molecule has 0 aliphatic heterocycles. The highest BCUT2D eigenvalue weighted by Crippen LogP contribution is 2.29. The van der Waals surface area contributed by atoms with Crippen LogP contribution in [0.15, 0.2) is 53.7 Å². The second kappa shape index (κ2) is 9.45. The van der Waals surface area contributed by atoms with Crippen LogP contribution in [-0.2, 0) is 17.6 Å². The van der Waals surface area contributed by atoms with Crippen LogP contribution < -0.4 is 5.32 Å². The zero-order valence-corrected chi connectivity index (χ0v) is 15.3. The van der Waals surface area contributed by atoms with Crippen molar-refractivity contribution in [3.05, 3.63) is 71.0 Å². The van der Waals surface area contributed by atoms with E-state index in [4.69, 9.17) is 17.1 Å². The molecule has 0 bridgehead atoms. The van der Waals surface area contributed by atoms with E-state index in [2.05, 4.69) is 10.5 Å². The summed E-state index contributed by atoms with van der Waals surface area (Å²) < 4.78 is 51.7. The van der Waals surface area contributed by atoms with Gasteiger partial charge in [0.05, 0.1) is 11.8 Å². The highest BCUT2D eigenvalue weighted by Gasteiger charge is 2.30. The maximum absolute atomic E-state index is 13.6. The summed E-state index contributed by atoms with van der Waals surface area (Å²) in [6.45, 7) is 2.02. The largest absolute Gasteiger partial charge is 0.416 e. The van der Waals surface area contributed by atoms with Gasteiger partial charge in [0.2, 0.25) is 0 Å². The van der Waals surface area contributed by atoms with Crippen molar-refractivity contribution in [1.82, 2.24) is 5.32 Å². The van der Waals surface area contributed by atoms with Crippen LogP contribution >= 0.6 is 12.2 Å².